The number of carbonyl (C=O) groups is 3. The number of aliphatic hydroxyl groups excluding tert-OH is 1. The number of amides is 3. The highest BCUT2D eigenvalue weighted by Gasteiger charge is 2.45. The zero-order chi connectivity index (χ0) is 54.9. The number of anilines is 2. The van der Waals surface area contributed by atoms with Gasteiger partial charge >= 0.3 is 6.01 Å². The molecular formula is C58H75N11O8S. The van der Waals surface area contributed by atoms with E-state index in [0.29, 0.717) is 45.3 Å². The molecule has 3 amide bonds. The van der Waals surface area contributed by atoms with Crippen LogP contribution in [0, 0.1) is 23.7 Å². The molecule has 3 aromatic carbocycles. The molecule has 0 spiro atoms. The molecule has 5 aromatic rings. The van der Waals surface area contributed by atoms with E-state index in [-0.39, 0.29) is 62.9 Å². The molecule has 0 radical (unpaired) electrons. The number of likely N-dealkylation sites (N-methyl/N-ethyl adjacent to an activating group) is 1. The van der Waals surface area contributed by atoms with E-state index in [0.717, 1.165) is 77.8 Å². The number of aryl methyl sites for hydroxylation is 1. The molecule has 7 atom stereocenters. The van der Waals surface area contributed by atoms with Crippen LogP contribution in [-0.2, 0) is 41.6 Å². The number of hydrogen-bond donors (Lipinski definition) is 4. The normalized spacial score (nSPS) is 21.5. The van der Waals surface area contributed by atoms with E-state index < -0.39 is 35.4 Å². The summed E-state index contributed by atoms with van der Waals surface area (Å²) in [5, 5.41) is 31.9. The molecular weight excluding hydrogens is 1010 g/mol. The van der Waals surface area contributed by atoms with Gasteiger partial charge in [-0.15, -0.1) is 11.3 Å². The fourth-order valence-corrected chi connectivity index (χ4v) is 11.9. The number of carbonyl (C=O) groups excluding carboxylic acids is 3. The number of benzene rings is 3. The first-order chi connectivity index (χ1) is 37.6. The molecule has 9 rings (SSSR count). The van der Waals surface area contributed by atoms with Crippen LogP contribution >= 0.6 is 11.3 Å². The van der Waals surface area contributed by atoms with E-state index in [1.165, 1.54) is 21.4 Å². The number of aliphatic hydroxyl groups is 1. The second-order valence-corrected chi connectivity index (χ2v) is 22.9. The number of nitrogens with zero attached hydrogens (tertiary/aromatic N) is 8. The van der Waals surface area contributed by atoms with Crippen LogP contribution in [0.25, 0.3) is 21.2 Å². The second-order valence-electron chi connectivity index (χ2n) is 22.1. The Morgan fingerprint density at radius 3 is 2.50 bits per heavy atom. The smallest absolute Gasteiger partial charge is 0.318 e. The Morgan fingerprint density at radius 1 is 0.936 bits per heavy atom. The molecule has 3 saturated heterocycles. The number of fused-ring (bicyclic) bond motifs is 2. The number of hydrogen-bond acceptors (Lipinski definition) is 17. The number of likely N-dealkylation sites (tertiary alicyclic amines) is 2. The predicted molar refractivity (Wildman–Crippen MR) is 299 cm³/mol. The highest BCUT2D eigenvalue weighted by Crippen LogP contribution is 2.35. The lowest BCUT2D eigenvalue weighted by Crippen LogP contribution is -2.58. The predicted octanol–water partition coefficient (Wildman–Crippen LogP) is 5.19. The van der Waals surface area contributed by atoms with Gasteiger partial charge in [-0.1, -0.05) is 81.4 Å². The van der Waals surface area contributed by atoms with Crippen LogP contribution in [0.3, 0.4) is 0 Å². The van der Waals surface area contributed by atoms with Gasteiger partial charge in [0.25, 0.3) is 0 Å². The Bertz CT molecular complexity index is 2910. The van der Waals surface area contributed by atoms with Gasteiger partial charge in [-0.05, 0) is 61.7 Å². The van der Waals surface area contributed by atoms with Gasteiger partial charge in [0.1, 0.15) is 31.1 Å². The van der Waals surface area contributed by atoms with Gasteiger partial charge in [-0.25, -0.2) is 4.98 Å². The van der Waals surface area contributed by atoms with Gasteiger partial charge in [-0.2, -0.15) is 15.2 Å². The largest absolute Gasteiger partial charge is 0.462 e. The van der Waals surface area contributed by atoms with Crippen LogP contribution in [0.5, 0.6) is 6.01 Å². The van der Waals surface area contributed by atoms with E-state index in [2.05, 4.69) is 91.2 Å². The summed E-state index contributed by atoms with van der Waals surface area (Å²) in [7, 11) is 2.07. The zero-order valence-corrected chi connectivity index (χ0v) is 46.6. The van der Waals surface area contributed by atoms with Crippen LogP contribution in [0.1, 0.15) is 75.5 Å². The molecule has 78 heavy (non-hydrogen) atoms. The average molecular weight is 1090 g/mol. The number of aromatic nitrogens is 3. The molecule has 0 aliphatic carbocycles. The van der Waals surface area contributed by atoms with Crippen LogP contribution in [-0.4, -0.2) is 170 Å². The lowest BCUT2D eigenvalue weighted by atomic mass is 9.85. The number of rotatable bonds is 21. The van der Waals surface area contributed by atoms with Crippen molar-refractivity contribution in [3.63, 3.8) is 0 Å². The fraction of sp³-hybridized carbons (Fsp3) is 0.534. The summed E-state index contributed by atoms with van der Waals surface area (Å²) >= 11 is 1.58. The van der Waals surface area contributed by atoms with Crippen molar-refractivity contribution in [2.75, 3.05) is 95.8 Å². The second kappa shape index (κ2) is 25.7. The third-order valence-electron chi connectivity index (χ3n) is 15.3. The third-order valence-corrected chi connectivity index (χ3v) is 16.3. The maximum atomic E-state index is 14.1. The van der Waals surface area contributed by atoms with Crippen molar-refractivity contribution < 1.29 is 38.4 Å². The van der Waals surface area contributed by atoms with Crippen molar-refractivity contribution in [3.8, 4) is 22.5 Å². The molecule has 19 nitrogen and oxygen atoms in total. The van der Waals surface area contributed by atoms with Crippen molar-refractivity contribution in [2.45, 2.75) is 109 Å². The lowest BCUT2D eigenvalue weighted by molar-refractivity contribution is -0.144. The quantitative estimate of drug-likeness (QED) is 0.0695. The van der Waals surface area contributed by atoms with Gasteiger partial charge in [0, 0.05) is 74.4 Å². The summed E-state index contributed by atoms with van der Waals surface area (Å²) in [4.78, 5) is 64.9. The van der Waals surface area contributed by atoms with E-state index in [1.54, 1.807) is 11.3 Å². The van der Waals surface area contributed by atoms with Crippen LogP contribution in [0.4, 0.5) is 11.5 Å². The van der Waals surface area contributed by atoms with E-state index in [4.69, 9.17) is 28.9 Å². The summed E-state index contributed by atoms with van der Waals surface area (Å²) in [6.07, 6.45) is 1.18. The van der Waals surface area contributed by atoms with Gasteiger partial charge in [-0.3, -0.25) is 19.3 Å². The van der Waals surface area contributed by atoms with Crippen molar-refractivity contribution in [1.82, 2.24) is 40.7 Å². The Balaban J connectivity index is 0.703. The standard InChI is InChI=1S/C58H75N11O8S/c1-37(39-14-16-41(17-15-39)52-38(2)61-36-78-52)62-55(72)50-29-44(70)31-69(50)56(73)53(58(3,4)5)64-51(71)35-75-25-24-74-26-27-76-45-28-43(66(6)32-45)34-77-57-63-48-33-67(49-13-9-11-40-10-7-8-12-46(40)49)22-19-47(48)54(65-57)68-23-21-60-42(30-68)18-20-59/h7-17,36-37,42-45,50,53,60,70H,18-19,21-35H2,1-6H3,(H,62,72)(H,64,71)/t37?,42-,43-,44+,45+,50-,53?/m0/s1. The topological polar surface area (TPSA) is 220 Å². The molecule has 4 aliphatic rings. The molecule has 2 unspecified atom stereocenters. The number of piperazine rings is 1. The molecule has 3 fully saturated rings. The summed E-state index contributed by atoms with van der Waals surface area (Å²) < 4.78 is 24.2. The molecule has 0 bridgehead atoms. The van der Waals surface area contributed by atoms with Gasteiger partial charge in [0.05, 0.1) is 85.5 Å². The molecule has 4 aliphatic heterocycles. The summed E-state index contributed by atoms with van der Waals surface area (Å²) in [6.45, 7) is 15.0. The van der Waals surface area contributed by atoms with Crippen LogP contribution < -0.4 is 30.5 Å². The molecule has 0 saturated carbocycles. The van der Waals surface area contributed by atoms with E-state index in [1.807, 2.05) is 64.4 Å². The van der Waals surface area contributed by atoms with Crippen molar-refractivity contribution in [3.05, 3.63) is 94.8 Å². The van der Waals surface area contributed by atoms with Gasteiger partial charge in [0.2, 0.25) is 17.7 Å². The van der Waals surface area contributed by atoms with E-state index in [9.17, 15) is 24.8 Å². The first-order valence-corrected chi connectivity index (χ1v) is 28.2. The molecule has 20 heteroatoms. The monoisotopic (exact) mass is 1090 g/mol. The van der Waals surface area contributed by atoms with Crippen LogP contribution in [0.2, 0.25) is 0 Å². The minimum Gasteiger partial charge on any atom is -0.462 e. The lowest BCUT2D eigenvalue weighted by Gasteiger charge is -2.37. The molecule has 2 aromatic heterocycles. The average Bonchev–Trinajstić information content (AvgIpc) is 4.25. The summed E-state index contributed by atoms with van der Waals surface area (Å²) in [6, 6.07) is 23.5. The Labute approximate surface area is 461 Å². The van der Waals surface area contributed by atoms with Crippen molar-refractivity contribution in [2.24, 2.45) is 5.41 Å². The molecule has 6 heterocycles. The minimum absolute atomic E-state index is 0.0162. The third kappa shape index (κ3) is 13.7. The van der Waals surface area contributed by atoms with Crippen LogP contribution in [0.15, 0.2) is 72.2 Å². The Kier molecular flexibility index (Phi) is 18.6. The Hall–Kier alpha value is -6.31. The molecule has 416 valence electrons. The number of nitrogens with one attached hydrogen (secondary N) is 3. The number of thiazole rings is 1. The van der Waals surface area contributed by atoms with E-state index >= 15 is 0 Å². The van der Waals surface area contributed by atoms with Crippen molar-refractivity contribution in [1.29, 1.82) is 5.26 Å². The molecule has 4 N–H and O–H groups in total. The van der Waals surface area contributed by atoms with Crippen molar-refractivity contribution >= 4 is 51.3 Å². The number of β-amino-alcohol motifs (C(OH)–C–C–N with tert-alkyl or cyclic N) is 1. The first-order valence-electron chi connectivity index (χ1n) is 27.3. The summed E-state index contributed by atoms with van der Waals surface area (Å²) in [5.74, 6) is -0.393. The summed E-state index contributed by atoms with van der Waals surface area (Å²) in [5.41, 5.74) is 7.31. The zero-order valence-electron chi connectivity index (χ0n) is 45.8. The maximum absolute atomic E-state index is 14.1. The van der Waals surface area contributed by atoms with Gasteiger partial charge in [0.15, 0.2) is 0 Å². The Morgan fingerprint density at radius 2 is 1.72 bits per heavy atom. The fourth-order valence-electron chi connectivity index (χ4n) is 11.1. The van der Waals surface area contributed by atoms with Gasteiger partial charge < -0.3 is 54.7 Å². The number of nitriles is 1. The first kappa shape index (κ1) is 56.4. The highest BCUT2D eigenvalue weighted by atomic mass is 32.1. The minimum atomic E-state index is -0.978. The SMILES string of the molecule is Cc1ncsc1-c1ccc(C(C)NC(=O)[C@@H]2C[C@@H](O)CN2C(=O)C(NC(=O)COCCOCCO[C@@H]2C[C@@H](COc3nc4c(c(N5CCN[C@@H](CC#N)C5)n3)CCN(c3cccc5ccccc35)C4)N(C)C2)C(C)(C)C)cc1. The highest BCUT2D eigenvalue weighted by molar-refractivity contribution is 7.13. The number of ether oxygens (including phenoxy) is 4. The maximum Gasteiger partial charge on any atom is 0.318 e.